The summed E-state index contributed by atoms with van der Waals surface area (Å²) in [5, 5.41) is 2.81. The van der Waals surface area contributed by atoms with Crippen LogP contribution < -0.4 is 19.5 Å². The normalized spacial score (nSPS) is 11.6. The molecule has 1 atom stereocenters. The molecule has 0 bridgehead atoms. The van der Waals surface area contributed by atoms with Gasteiger partial charge in [0.1, 0.15) is 12.4 Å². The second-order valence-corrected chi connectivity index (χ2v) is 5.61. The molecule has 2 aromatic rings. The van der Waals surface area contributed by atoms with Gasteiger partial charge in [-0.15, -0.1) is 0 Å². The van der Waals surface area contributed by atoms with Crippen molar-refractivity contribution < 1.29 is 27.8 Å². The lowest BCUT2D eigenvalue weighted by molar-refractivity contribution is -0.0499. The Morgan fingerprint density at radius 3 is 2.67 bits per heavy atom. The van der Waals surface area contributed by atoms with Gasteiger partial charge in [-0.05, 0) is 42.8 Å². The first kappa shape index (κ1) is 20.2. The predicted octanol–water partition coefficient (Wildman–Crippen LogP) is 4.35. The Labute approximate surface area is 156 Å². The summed E-state index contributed by atoms with van der Waals surface area (Å²) < 4.78 is 39.8. The number of carbonyl (C=O) groups is 1. The van der Waals surface area contributed by atoms with Crippen molar-refractivity contribution in [3.63, 3.8) is 0 Å². The molecule has 0 saturated heterocycles. The minimum absolute atomic E-state index is 0.0361. The molecule has 144 valence electrons. The van der Waals surface area contributed by atoms with E-state index in [0.717, 1.165) is 0 Å². The number of ether oxygens (including phenoxy) is 3. The molecule has 0 saturated carbocycles. The van der Waals surface area contributed by atoms with Crippen LogP contribution in [0.2, 0.25) is 0 Å². The second kappa shape index (κ2) is 9.56. The number of methoxy groups -OCH3 is 1. The Kier molecular flexibility index (Phi) is 7.16. The van der Waals surface area contributed by atoms with Crippen molar-refractivity contribution in [3.8, 4) is 17.2 Å². The summed E-state index contributed by atoms with van der Waals surface area (Å²) in [4.78, 5) is 12.5. The van der Waals surface area contributed by atoms with E-state index in [9.17, 15) is 13.6 Å². The average Bonchev–Trinajstić information content (AvgIpc) is 2.65. The fourth-order valence-corrected chi connectivity index (χ4v) is 2.40. The number of hydrogen-bond acceptors (Lipinski definition) is 4. The summed E-state index contributed by atoms with van der Waals surface area (Å²) in [5.41, 5.74) is 1.02. The van der Waals surface area contributed by atoms with Crippen LogP contribution in [-0.4, -0.2) is 26.2 Å². The lowest BCUT2D eigenvalue weighted by Crippen LogP contribution is -2.26. The molecule has 2 aromatic carbocycles. The smallest absolute Gasteiger partial charge is 0.387 e. The van der Waals surface area contributed by atoms with Gasteiger partial charge in [0.15, 0.2) is 11.5 Å². The highest BCUT2D eigenvalue weighted by Crippen LogP contribution is 2.28. The van der Waals surface area contributed by atoms with Crippen molar-refractivity contribution in [2.24, 2.45) is 0 Å². The van der Waals surface area contributed by atoms with Gasteiger partial charge in [0.25, 0.3) is 5.91 Å². The number of alkyl halides is 2. The number of rotatable bonds is 9. The molecule has 0 radical (unpaired) electrons. The summed E-state index contributed by atoms with van der Waals surface area (Å²) in [6.45, 7) is 2.74. The van der Waals surface area contributed by atoms with Crippen molar-refractivity contribution in [1.82, 2.24) is 5.32 Å². The minimum atomic E-state index is -2.90. The van der Waals surface area contributed by atoms with Crippen LogP contribution in [-0.2, 0) is 0 Å². The molecule has 0 aliphatic carbocycles. The van der Waals surface area contributed by atoms with Crippen LogP contribution in [0, 0.1) is 0 Å². The Morgan fingerprint density at radius 1 is 1.22 bits per heavy atom. The number of amides is 1. The average molecular weight is 377 g/mol. The maximum atomic E-state index is 12.5. The monoisotopic (exact) mass is 377 g/mol. The molecule has 1 N–H and O–H groups in total. The first-order valence-corrected chi connectivity index (χ1v) is 8.22. The van der Waals surface area contributed by atoms with Crippen LogP contribution >= 0.6 is 0 Å². The molecule has 0 fully saturated rings. The highest BCUT2D eigenvalue weighted by atomic mass is 19.3. The van der Waals surface area contributed by atoms with E-state index in [1.165, 1.54) is 19.2 Å². The summed E-state index contributed by atoms with van der Waals surface area (Å²) >= 11 is 0. The van der Waals surface area contributed by atoms with Gasteiger partial charge in [0.2, 0.25) is 0 Å². The zero-order valence-corrected chi connectivity index (χ0v) is 15.1. The summed E-state index contributed by atoms with van der Waals surface area (Å²) in [5.74, 6) is 0.619. The standard InChI is InChI=1S/C20H21F2NO4/c1-4-10-26-17-9-8-15(12-18(17)25-3)19(24)23-13(2)14-6-5-7-16(11-14)27-20(21)22/h4-9,11-13,20H,1,10H2,2-3H3,(H,23,24). The van der Waals surface area contributed by atoms with Crippen molar-refractivity contribution in [1.29, 1.82) is 0 Å². The van der Waals surface area contributed by atoms with Crippen LogP contribution in [0.15, 0.2) is 55.1 Å². The Hall–Kier alpha value is -3.09. The number of hydrogen-bond donors (Lipinski definition) is 1. The lowest BCUT2D eigenvalue weighted by Gasteiger charge is -2.16. The third-order valence-electron chi connectivity index (χ3n) is 3.71. The molecule has 27 heavy (non-hydrogen) atoms. The number of benzene rings is 2. The quantitative estimate of drug-likeness (QED) is 0.660. The van der Waals surface area contributed by atoms with Crippen LogP contribution in [0.5, 0.6) is 17.2 Å². The van der Waals surface area contributed by atoms with Gasteiger partial charge in [-0.2, -0.15) is 8.78 Å². The molecule has 5 nitrogen and oxygen atoms in total. The number of halogens is 2. The molecule has 0 heterocycles. The molecular formula is C20H21F2NO4. The third-order valence-corrected chi connectivity index (χ3v) is 3.71. The van der Waals surface area contributed by atoms with Crippen molar-refractivity contribution in [3.05, 3.63) is 66.2 Å². The van der Waals surface area contributed by atoms with Gasteiger partial charge >= 0.3 is 6.61 Å². The van der Waals surface area contributed by atoms with Crippen molar-refractivity contribution in [2.45, 2.75) is 19.6 Å². The Balaban J connectivity index is 2.11. The van der Waals surface area contributed by atoms with E-state index < -0.39 is 12.7 Å². The summed E-state index contributed by atoms with van der Waals surface area (Å²) in [6, 6.07) is 10.6. The molecule has 1 amide bonds. The fraction of sp³-hybridized carbons (Fsp3) is 0.250. The van der Waals surface area contributed by atoms with Crippen molar-refractivity contribution in [2.75, 3.05) is 13.7 Å². The molecule has 1 unspecified atom stereocenters. The van der Waals surface area contributed by atoms with Gasteiger partial charge < -0.3 is 19.5 Å². The highest BCUT2D eigenvalue weighted by molar-refractivity contribution is 5.95. The van der Waals surface area contributed by atoms with E-state index in [-0.39, 0.29) is 11.7 Å². The van der Waals surface area contributed by atoms with E-state index in [2.05, 4.69) is 16.6 Å². The first-order chi connectivity index (χ1) is 12.9. The highest BCUT2D eigenvalue weighted by Gasteiger charge is 2.15. The Morgan fingerprint density at radius 2 is 2.00 bits per heavy atom. The summed E-state index contributed by atoms with van der Waals surface area (Å²) in [7, 11) is 1.48. The Bertz CT molecular complexity index is 795. The molecule has 7 heteroatoms. The molecule has 0 aliphatic rings. The maximum absolute atomic E-state index is 12.5. The molecule has 2 rings (SSSR count). The third kappa shape index (κ3) is 5.70. The van der Waals surface area contributed by atoms with Crippen molar-refractivity contribution >= 4 is 5.91 Å². The molecule has 0 aromatic heterocycles. The van der Waals surface area contributed by atoms with Gasteiger partial charge in [0, 0.05) is 5.56 Å². The van der Waals surface area contributed by atoms with Gasteiger partial charge in [-0.3, -0.25) is 4.79 Å². The largest absolute Gasteiger partial charge is 0.493 e. The van der Waals surface area contributed by atoms with E-state index in [4.69, 9.17) is 9.47 Å². The second-order valence-electron chi connectivity index (χ2n) is 5.61. The van der Waals surface area contributed by atoms with Gasteiger partial charge in [-0.1, -0.05) is 24.8 Å². The van der Waals surface area contributed by atoms with E-state index in [1.54, 1.807) is 43.3 Å². The molecule has 0 spiro atoms. The zero-order chi connectivity index (χ0) is 19.8. The predicted molar refractivity (Wildman–Crippen MR) is 97.6 cm³/mol. The lowest BCUT2D eigenvalue weighted by atomic mass is 10.1. The van der Waals surface area contributed by atoms with E-state index in [1.807, 2.05) is 0 Å². The van der Waals surface area contributed by atoms with E-state index >= 15 is 0 Å². The minimum Gasteiger partial charge on any atom is -0.493 e. The van der Waals surface area contributed by atoms with Crippen LogP contribution in [0.25, 0.3) is 0 Å². The van der Waals surface area contributed by atoms with Gasteiger partial charge in [-0.25, -0.2) is 0 Å². The first-order valence-electron chi connectivity index (χ1n) is 8.22. The van der Waals surface area contributed by atoms with Crippen LogP contribution in [0.4, 0.5) is 8.78 Å². The molecular weight excluding hydrogens is 356 g/mol. The zero-order valence-electron chi connectivity index (χ0n) is 15.1. The molecule has 0 aliphatic heterocycles. The van der Waals surface area contributed by atoms with E-state index in [0.29, 0.717) is 29.2 Å². The number of nitrogens with one attached hydrogen (secondary N) is 1. The number of carbonyl (C=O) groups excluding carboxylic acids is 1. The summed E-state index contributed by atoms with van der Waals surface area (Å²) in [6.07, 6.45) is 1.60. The van der Waals surface area contributed by atoms with Gasteiger partial charge in [0.05, 0.1) is 13.2 Å². The topological polar surface area (TPSA) is 56.8 Å². The SMILES string of the molecule is C=CCOc1ccc(C(=O)NC(C)c2cccc(OC(F)F)c2)cc1OC. The van der Waals surface area contributed by atoms with Crippen LogP contribution in [0.3, 0.4) is 0 Å². The van der Waals surface area contributed by atoms with Crippen LogP contribution in [0.1, 0.15) is 28.9 Å². The maximum Gasteiger partial charge on any atom is 0.387 e. The fourth-order valence-electron chi connectivity index (χ4n) is 2.40.